The molecule has 0 aliphatic rings. The minimum absolute atomic E-state index is 0.0455. The maximum Gasteiger partial charge on any atom is 0.234 e. The van der Waals surface area contributed by atoms with Crippen LogP contribution in [0.2, 0.25) is 0 Å². The topological polar surface area (TPSA) is 68.0 Å². The standard InChI is InChI=1S/C11H9F2N3OS2/c12-6-1-2-8(7(13)3-6)16-9(17)5-18-10-4-15-11(14)19-10/h1-4H,5H2,(H2,14,15)(H,16,17). The Kier molecular flexibility index (Phi) is 4.33. The molecule has 4 nitrogen and oxygen atoms in total. The summed E-state index contributed by atoms with van der Waals surface area (Å²) < 4.78 is 26.8. The van der Waals surface area contributed by atoms with E-state index in [1.165, 1.54) is 29.2 Å². The lowest BCUT2D eigenvalue weighted by atomic mass is 10.3. The van der Waals surface area contributed by atoms with Crippen molar-refractivity contribution in [3.05, 3.63) is 36.0 Å². The normalized spacial score (nSPS) is 10.4. The summed E-state index contributed by atoms with van der Waals surface area (Å²) in [5, 5.41) is 2.79. The van der Waals surface area contributed by atoms with Gasteiger partial charge in [-0.3, -0.25) is 4.79 Å². The number of rotatable bonds is 4. The van der Waals surface area contributed by atoms with Crippen LogP contribution >= 0.6 is 23.1 Å². The van der Waals surface area contributed by atoms with Gasteiger partial charge < -0.3 is 11.1 Å². The number of nitrogens with zero attached hydrogens (tertiary/aromatic N) is 1. The lowest BCUT2D eigenvalue weighted by Gasteiger charge is -2.05. The zero-order chi connectivity index (χ0) is 13.8. The van der Waals surface area contributed by atoms with Gasteiger partial charge in [0, 0.05) is 6.07 Å². The number of aromatic nitrogens is 1. The third-order valence-corrected chi connectivity index (χ3v) is 4.07. The number of carbonyl (C=O) groups is 1. The molecular formula is C11H9F2N3OS2. The summed E-state index contributed by atoms with van der Waals surface area (Å²) in [6.07, 6.45) is 1.57. The number of benzene rings is 1. The van der Waals surface area contributed by atoms with Crippen LogP contribution in [0, 0.1) is 11.6 Å². The van der Waals surface area contributed by atoms with E-state index in [4.69, 9.17) is 5.73 Å². The first-order chi connectivity index (χ1) is 9.04. The third kappa shape index (κ3) is 3.90. The number of nitrogens with one attached hydrogen (secondary N) is 1. The minimum Gasteiger partial charge on any atom is -0.375 e. The van der Waals surface area contributed by atoms with Gasteiger partial charge in [0.05, 0.1) is 21.8 Å². The molecule has 2 aromatic rings. The predicted octanol–water partition coefficient (Wildman–Crippen LogP) is 2.73. The van der Waals surface area contributed by atoms with Gasteiger partial charge in [-0.15, -0.1) is 11.8 Å². The second-order valence-corrected chi connectivity index (χ2v) is 5.82. The second-order valence-electron chi connectivity index (χ2n) is 3.48. The lowest BCUT2D eigenvalue weighted by Crippen LogP contribution is -2.14. The largest absolute Gasteiger partial charge is 0.375 e. The first-order valence-corrected chi connectivity index (χ1v) is 6.94. The molecule has 0 saturated heterocycles. The van der Waals surface area contributed by atoms with Crippen molar-refractivity contribution in [2.24, 2.45) is 0 Å². The highest BCUT2D eigenvalue weighted by Gasteiger charge is 2.09. The maximum absolute atomic E-state index is 13.3. The molecule has 1 amide bonds. The van der Waals surface area contributed by atoms with Gasteiger partial charge in [0.25, 0.3) is 0 Å². The van der Waals surface area contributed by atoms with Crippen molar-refractivity contribution in [3.8, 4) is 0 Å². The Bertz CT molecular complexity index is 603. The number of hydrogen-bond acceptors (Lipinski definition) is 5. The predicted molar refractivity (Wildman–Crippen MR) is 72.2 cm³/mol. The fraction of sp³-hybridized carbons (Fsp3) is 0.0909. The Morgan fingerprint density at radius 1 is 1.47 bits per heavy atom. The first-order valence-electron chi connectivity index (χ1n) is 5.13. The van der Waals surface area contributed by atoms with Crippen LogP contribution in [-0.2, 0) is 4.79 Å². The van der Waals surface area contributed by atoms with Gasteiger partial charge in [-0.1, -0.05) is 11.3 Å². The third-order valence-electron chi connectivity index (χ3n) is 2.05. The van der Waals surface area contributed by atoms with Gasteiger partial charge in [-0.05, 0) is 12.1 Å². The Morgan fingerprint density at radius 3 is 2.89 bits per heavy atom. The van der Waals surface area contributed by atoms with Crippen molar-refractivity contribution < 1.29 is 13.6 Å². The quantitative estimate of drug-likeness (QED) is 0.852. The minimum atomic E-state index is -0.805. The van der Waals surface area contributed by atoms with Crippen LogP contribution in [0.1, 0.15) is 0 Å². The molecule has 0 atom stereocenters. The molecule has 0 spiro atoms. The summed E-state index contributed by atoms with van der Waals surface area (Å²) in [7, 11) is 0. The van der Waals surface area contributed by atoms with Crippen LogP contribution in [0.4, 0.5) is 19.6 Å². The Hall–Kier alpha value is -1.67. The first kappa shape index (κ1) is 13.8. The van der Waals surface area contributed by atoms with E-state index in [1.807, 2.05) is 0 Å². The molecule has 1 aromatic heterocycles. The van der Waals surface area contributed by atoms with E-state index in [9.17, 15) is 13.6 Å². The van der Waals surface area contributed by atoms with Crippen LogP contribution in [0.3, 0.4) is 0 Å². The number of thiazole rings is 1. The maximum atomic E-state index is 13.3. The number of nitrogens with two attached hydrogens (primary N) is 1. The van der Waals surface area contributed by atoms with E-state index in [0.29, 0.717) is 11.2 Å². The molecule has 0 fully saturated rings. The summed E-state index contributed by atoms with van der Waals surface area (Å²) in [4.78, 5) is 15.4. The number of amides is 1. The Balaban J connectivity index is 1.90. The molecule has 1 heterocycles. The zero-order valence-electron chi connectivity index (χ0n) is 9.52. The molecule has 0 radical (unpaired) electrons. The van der Waals surface area contributed by atoms with Gasteiger partial charge in [-0.2, -0.15) is 0 Å². The molecule has 1 aromatic carbocycles. The van der Waals surface area contributed by atoms with E-state index in [1.54, 1.807) is 6.20 Å². The molecule has 0 aliphatic carbocycles. The summed E-state index contributed by atoms with van der Waals surface area (Å²) in [5.41, 5.74) is 5.41. The second kappa shape index (κ2) is 5.98. The smallest absolute Gasteiger partial charge is 0.234 e. The average molecular weight is 301 g/mol. The highest BCUT2D eigenvalue weighted by Crippen LogP contribution is 2.26. The lowest BCUT2D eigenvalue weighted by molar-refractivity contribution is -0.113. The highest BCUT2D eigenvalue weighted by molar-refractivity contribution is 8.01. The van der Waals surface area contributed by atoms with Gasteiger partial charge in [0.2, 0.25) is 5.91 Å². The van der Waals surface area contributed by atoms with Crippen LogP contribution < -0.4 is 11.1 Å². The van der Waals surface area contributed by atoms with Gasteiger partial charge >= 0.3 is 0 Å². The molecule has 0 aliphatic heterocycles. The van der Waals surface area contributed by atoms with Crippen LogP contribution in [0.25, 0.3) is 0 Å². The molecule has 19 heavy (non-hydrogen) atoms. The number of nitrogen functional groups attached to an aromatic ring is 1. The summed E-state index contributed by atoms with van der Waals surface area (Å²) in [5.74, 6) is -1.79. The van der Waals surface area contributed by atoms with Crippen molar-refractivity contribution in [1.29, 1.82) is 0 Å². The van der Waals surface area contributed by atoms with Gasteiger partial charge in [0.15, 0.2) is 5.13 Å². The molecule has 0 saturated carbocycles. The molecule has 2 rings (SSSR count). The van der Waals surface area contributed by atoms with E-state index in [-0.39, 0.29) is 17.3 Å². The van der Waals surface area contributed by atoms with E-state index in [0.717, 1.165) is 10.3 Å². The van der Waals surface area contributed by atoms with Crippen molar-refractivity contribution in [1.82, 2.24) is 4.98 Å². The molecule has 3 N–H and O–H groups in total. The van der Waals surface area contributed by atoms with Gasteiger partial charge in [-0.25, -0.2) is 13.8 Å². The average Bonchev–Trinajstić information content (AvgIpc) is 2.76. The highest BCUT2D eigenvalue weighted by atomic mass is 32.2. The number of halogens is 2. The molecule has 100 valence electrons. The van der Waals surface area contributed by atoms with E-state index in [2.05, 4.69) is 10.3 Å². The van der Waals surface area contributed by atoms with E-state index < -0.39 is 11.6 Å². The van der Waals surface area contributed by atoms with Crippen molar-refractivity contribution in [2.45, 2.75) is 4.21 Å². The number of thioether (sulfide) groups is 1. The van der Waals surface area contributed by atoms with E-state index >= 15 is 0 Å². The zero-order valence-corrected chi connectivity index (χ0v) is 11.2. The molecule has 8 heteroatoms. The molecule has 0 unspecified atom stereocenters. The summed E-state index contributed by atoms with van der Waals surface area (Å²) in [6, 6.07) is 2.97. The SMILES string of the molecule is Nc1ncc(SCC(=O)Nc2ccc(F)cc2F)s1. The van der Waals surface area contributed by atoms with Crippen molar-refractivity contribution in [2.75, 3.05) is 16.8 Å². The Morgan fingerprint density at radius 2 is 2.26 bits per heavy atom. The fourth-order valence-corrected chi connectivity index (χ4v) is 2.81. The fourth-order valence-electron chi connectivity index (χ4n) is 1.25. The number of anilines is 2. The Labute approximate surface area is 116 Å². The summed E-state index contributed by atoms with van der Waals surface area (Å²) in [6.45, 7) is 0. The number of hydrogen-bond donors (Lipinski definition) is 2. The molecule has 0 bridgehead atoms. The van der Waals surface area contributed by atoms with Crippen LogP contribution in [0.15, 0.2) is 28.6 Å². The van der Waals surface area contributed by atoms with Crippen LogP contribution in [-0.4, -0.2) is 16.6 Å². The summed E-state index contributed by atoms with van der Waals surface area (Å²) >= 11 is 2.51. The monoisotopic (exact) mass is 301 g/mol. The van der Waals surface area contributed by atoms with Crippen LogP contribution in [0.5, 0.6) is 0 Å². The van der Waals surface area contributed by atoms with Gasteiger partial charge in [0.1, 0.15) is 11.6 Å². The molecular weight excluding hydrogens is 292 g/mol. The van der Waals surface area contributed by atoms with Crippen molar-refractivity contribution in [3.63, 3.8) is 0 Å². The number of carbonyl (C=O) groups excluding carboxylic acids is 1. The van der Waals surface area contributed by atoms with Crippen molar-refractivity contribution >= 4 is 39.8 Å².